The SMILES string of the molecule is Cc1cc(OCC(=O)N(Cc2ccc(Cl)c(Cl)c2)[C@@H](C)C(=O)NC2CCCC2)ccc1Br. The predicted octanol–water partition coefficient (Wildman–Crippen LogP) is 5.92. The molecule has 2 amide bonds. The van der Waals surface area contributed by atoms with E-state index < -0.39 is 6.04 Å². The van der Waals surface area contributed by atoms with Crippen molar-refractivity contribution < 1.29 is 14.3 Å². The van der Waals surface area contributed by atoms with Crippen LogP contribution in [0.5, 0.6) is 5.75 Å². The summed E-state index contributed by atoms with van der Waals surface area (Å²) in [6.45, 7) is 3.73. The van der Waals surface area contributed by atoms with Crippen molar-refractivity contribution in [2.45, 2.75) is 58.2 Å². The standard InChI is InChI=1S/C24H27BrCl2N2O3/c1-15-11-19(8-9-20(15)25)32-14-23(30)29(13-17-7-10-21(26)22(27)12-17)16(2)24(31)28-18-5-3-4-6-18/h7-12,16,18H,3-6,13-14H2,1-2H3,(H,28,31)/t16-/m0/s1. The number of rotatable bonds is 8. The highest BCUT2D eigenvalue weighted by molar-refractivity contribution is 9.10. The Bertz CT molecular complexity index is 980. The number of carbonyl (C=O) groups excluding carboxylic acids is 2. The molecule has 0 bridgehead atoms. The van der Waals surface area contributed by atoms with Crippen molar-refractivity contribution in [3.63, 3.8) is 0 Å². The second kappa shape index (κ2) is 11.4. The molecule has 0 saturated heterocycles. The number of hydrogen-bond donors (Lipinski definition) is 1. The number of carbonyl (C=O) groups is 2. The number of nitrogens with one attached hydrogen (secondary N) is 1. The van der Waals surface area contributed by atoms with Gasteiger partial charge in [-0.05, 0) is 68.1 Å². The summed E-state index contributed by atoms with van der Waals surface area (Å²) in [6, 6.07) is 10.2. The number of aryl methyl sites for hydroxylation is 1. The van der Waals surface area contributed by atoms with Gasteiger partial charge in [0.1, 0.15) is 11.8 Å². The maximum absolute atomic E-state index is 13.2. The van der Waals surface area contributed by atoms with Gasteiger partial charge in [0.2, 0.25) is 5.91 Å². The Kier molecular flexibility index (Phi) is 8.86. The molecule has 0 aliphatic heterocycles. The number of halogens is 3. The molecule has 1 N–H and O–H groups in total. The summed E-state index contributed by atoms with van der Waals surface area (Å²) >= 11 is 15.6. The monoisotopic (exact) mass is 540 g/mol. The highest BCUT2D eigenvalue weighted by atomic mass is 79.9. The van der Waals surface area contributed by atoms with Gasteiger partial charge in [0.05, 0.1) is 10.0 Å². The molecule has 2 aromatic carbocycles. The normalized spacial score (nSPS) is 14.8. The second-order valence-electron chi connectivity index (χ2n) is 8.14. The fourth-order valence-corrected chi connectivity index (χ4v) is 4.31. The minimum absolute atomic E-state index is 0.162. The average molecular weight is 542 g/mol. The van der Waals surface area contributed by atoms with Crippen LogP contribution in [-0.2, 0) is 16.1 Å². The summed E-state index contributed by atoms with van der Waals surface area (Å²) in [5, 5.41) is 3.92. The van der Waals surface area contributed by atoms with Crippen LogP contribution in [0, 0.1) is 6.92 Å². The van der Waals surface area contributed by atoms with Gasteiger partial charge in [-0.3, -0.25) is 9.59 Å². The Labute approximate surface area is 207 Å². The van der Waals surface area contributed by atoms with Crippen molar-refractivity contribution in [3.05, 3.63) is 62.0 Å². The van der Waals surface area contributed by atoms with E-state index in [4.69, 9.17) is 27.9 Å². The molecule has 0 unspecified atom stereocenters. The minimum Gasteiger partial charge on any atom is -0.484 e. The Morgan fingerprint density at radius 2 is 1.88 bits per heavy atom. The number of ether oxygens (including phenoxy) is 1. The summed E-state index contributed by atoms with van der Waals surface area (Å²) in [5.74, 6) is 0.145. The van der Waals surface area contributed by atoms with E-state index in [0.29, 0.717) is 15.8 Å². The van der Waals surface area contributed by atoms with Crippen LogP contribution < -0.4 is 10.1 Å². The number of benzene rings is 2. The maximum atomic E-state index is 13.2. The lowest BCUT2D eigenvalue weighted by Crippen LogP contribution is -2.50. The van der Waals surface area contributed by atoms with Gasteiger partial charge in [0.25, 0.3) is 5.91 Å². The van der Waals surface area contributed by atoms with E-state index in [9.17, 15) is 9.59 Å². The van der Waals surface area contributed by atoms with Crippen molar-refractivity contribution in [2.75, 3.05) is 6.61 Å². The lowest BCUT2D eigenvalue weighted by atomic mass is 10.1. The quantitative estimate of drug-likeness (QED) is 0.451. The molecule has 1 saturated carbocycles. The van der Waals surface area contributed by atoms with Gasteiger partial charge >= 0.3 is 0 Å². The molecule has 1 aliphatic rings. The van der Waals surface area contributed by atoms with Crippen molar-refractivity contribution in [3.8, 4) is 5.75 Å². The smallest absolute Gasteiger partial charge is 0.261 e. The topological polar surface area (TPSA) is 58.6 Å². The Hall–Kier alpha value is -1.76. The fourth-order valence-electron chi connectivity index (χ4n) is 3.74. The highest BCUT2D eigenvalue weighted by Gasteiger charge is 2.29. The summed E-state index contributed by atoms with van der Waals surface area (Å²) in [4.78, 5) is 27.6. The molecule has 2 aromatic rings. The molecule has 0 heterocycles. The molecular formula is C24H27BrCl2N2O3. The first-order chi connectivity index (χ1) is 15.2. The lowest BCUT2D eigenvalue weighted by molar-refractivity contribution is -0.142. The fraction of sp³-hybridized carbons (Fsp3) is 0.417. The van der Waals surface area contributed by atoms with E-state index in [-0.39, 0.29) is 31.0 Å². The molecular weight excluding hydrogens is 515 g/mol. The van der Waals surface area contributed by atoms with E-state index in [0.717, 1.165) is 41.3 Å². The third-order valence-electron chi connectivity index (χ3n) is 5.70. The average Bonchev–Trinajstić information content (AvgIpc) is 3.27. The van der Waals surface area contributed by atoms with E-state index in [2.05, 4.69) is 21.2 Å². The largest absolute Gasteiger partial charge is 0.484 e. The summed E-state index contributed by atoms with van der Waals surface area (Å²) < 4.78 is 6.70. The van der Waals surface area contributed by atoms with Crippen molar-refractivity contribution in [2.24, 2.45) is 0 Å². The van der Waals surface area contributed by atoms with Gasteiger partial charge in [-0.15, -0.1) is 0 Å². The molecule has 5 nitrogen and oxygen atoms in total. The zero-order valence-corrected chi connectivity index (χ0v) is 21.3. The van der Waals surface area contributed by atoms with Crippen LogP contribution in [0.3, 0.4) is 0 Å². The van der Waals surface area contributed by atoms with E-state index >= 15 is 0 Å². The van der Waals surface area contributed by atoms with Gasteiger partial charge in [-0.25, -0.2) is 0 Å². The Morgan fingerprint density at radius 3 is 2.53 bits per heavy atom. The van der Waals surface area contributed by atoms with Gasteiger partial charge < -0.3 is 15.0 Å². The van der Waals surface area contributed by atoms with Crippen molar-refractivity contribution in [1.29, 1.82) is 0 Å². The molecule has 1 atom stereocenters. The number of nitrogens with zero attached hydrogens (tertiary/aromatic N) is 1. The molecule has 0 spiro atoms. The van der Waals surface area contributed by atoms with Crippen LogP contribution in [0.4, 0.5) is 0 Å². The van der Waals surface area contributed by atoms with Crippen molar-refractivity contribution >= 4 is 50.9 Å². The third-order valence-corrected chi connectivity index (χ3v) is 7.33. The van der Waals surface area contributed by atoms with Gasteiger partial charge in [0.15, 0.2) is 6.61 Å². The summed E-state index contributed by atoms with van der Waals surface area (Å²) in [6.07, 6.45) is 4.19. The minimum atomic E-state index is -0.659. The number of hydrogen-bond acceptors (Lipinski definition) is 3. The summed E-state index contributed by atoms with van der Waals surface area (Å²) in [7, 11) is 0. The number of amides is 2. The Balaban J connectivity index is 1.74. The highest BCUT2D eigenvalue weighted by Crippen LogP contribution is 2.25. The van der Waals surface area contributed by atoms with Gasteiger partial charge in [-0.1, -0.05) is 58.0 Å². The van der Waals surface area contributed by atoms with Crippen LogP contribution in [-0.4, -0.2) is 35.4 Å². The predicted molar refractivity (Wildman–Crippen MR) is 131 cm³/mol. The molecule has 32 heavy (non-hydrogen) atoms. The van der Waals surface area contributed by atoms with Crippen LogP contribution in [0.2, 0.25) is 10.0 Å². The first kappa shape index (κ1) is 24.9. The van der Waals surface area contributed by atoms with Crippen molar-refractivity contribution in [1.82, 2.24) is 10.2 Å². The van der Waals surface area contributed by atoms with E-state index in [1.165, 1.54) is 4.90 Å². The third kappa shape index (κ3) is 6.63. The molecule has 0 aromatic heterocycles. The molecule has 1 aliphatic carbocycles. The molecule has 3 rings (SSSR count). The van der Waals surface area contributed by atoms with Crippen LogP contribution in [0.25, 0.3) is 0 Å². The molecule has 8 heteroatoms. The van der Waals surface area contributed by atoms with E-state index in [1.54, 1.807) is 31.2 Å². The zero-order valence-electron chi connectivity index (χ0n) is 18.2. The van der Waals surface area contributed by atoms with Crippen LogP contribution in [0.15, 0.2) is 40.9 Å². The first-order valence-corrected chi connectivity index (χ1v) is 12.2. The van der Waals surface area contributed by atoms with Crippen LogP contribution >= 0.6 is 39.1 Å². The summed E-state index contributed by atoms with van der Waals surface area (Å²) in [5.41, 5.74) is 1.79. The van der Waals surface area contributed by atoms with Gasteiger partial charge in [0, 0.05) is 17.1 Å². The van der Waals surface area contributed by atoms with E-state index in [1.807, 2.05) is 19.1 Å². The van der Waals surface area contributed by atoms with Crippen LogP contribution in [0.1, 0.15) is 43.7 Å². The maximum Gasteiger partial charge on any atom is 0.261 e. The lowest BCUT2D eigenvalue weighted by Gasteiger charge is -2.29. The first-order valence-electron chi connectivity index (χ1n) is 10.7. The Morgan fingerprint density at radius 1 is 1.16 bits per heavy atom. The molecule has 172 valence electrons. The second-order valence-corrected chi connectivity index (χ2v) is 9.80. The molecule has 0 radical (unpaired) electrons. The molecule has 1 fully saturated rings. The van der Waals surface area contributed by atoms with Gasteiger partial charge in [-0.2, -0.15) is 0 Å². The zero-order chi connectivity index (χ0) is 23.3.